The zero-order chi connectivity index (χ0) is 17.7. The number of imide groups is 1. The number of halogens is 1. The number of fused-ring (bicyclic) bond motifs is 5. The molecule has 2 aliphatic carbocycles. The number of allylic oxidation sites excluding steroid dienone is 2. The molecule has 6 nitrogen and oxygen atoms in total. The fourth-order valence-electron chi connectivity index (χ4n) is 4.14. The van der Waals surface area contributed by atoms with Crippen LogP contribution in [0.1, 0.15) is 12.0 Å². The molecule has 2 fully saturated rings. The van der Waals surface area contributed by atoms with Crippen LogP contribution >= 0.6 is 15.9 Å². The monoisotopic (exact) mass is 404 g/mol. The highest BCUT2D eigenvalue weighted by molar-refractivity contribution is 9.10. The predicted molar refractivity (Wildman–Crippen MR) is 94.4 cm³/mol. The van der Waals surface area contributed by atoms with Gasteiger partial charge in [-0.2, -0.15) is 10.1 Å². The van der Waals surface area contributed by atoms with Gasteiger partial charge >= 0.3 is 0 Å². The van der Waals surface area contributed by atoms with Crippen molar-refractivity contribution in [3.63, 3.8) is 0 Å². The fraction of sp³-hybridized carbons (Fsp3) is 0.389. The van der Waals surface area contributed by atoms with Crippen LogP contribution in [0.25, 0.3) is 0 Å². The molecular weight excluding hydrogens is 388 g/mol. The maximum absolute atomic E-state index is 12.6. The molecular formula is C18H17BrN2O4. The van der Waals surface area contributed by atoms with Crippen molar-refractivity contribution in [2.45, 2.75) is 6.42 Å². The average Bonchev–Trinajstić information content (AvgIpc) is 3.27. The second-order valence-corrected chi connectivity index (χ2v) is 7.33. The SMILES string of the molecule is COc1cc(/C=N\N2C(=O)[C@@H]3[C@H](C2=O)[C@H]2C=C[C@H]3C2)cc(Br)c1OC. The quantitative estimate of drug-likeness (QED) is 0.439. The largest absolute Gasteiger partial charge is 0.493 e. The van der Waals surface area contributed by atoms with Gasteiger partial charge in [0.2, 0.25) is 0 Å². The number of carbonyl (C=O) groups excluding carboxylic acids is 2. The van der Waals surface area contributed by atoms with E-state index in [1.807, 2.05) is 0 Å². The van der Waals surface area contributed by atoms with Crippen LogP contribution < -0.4 is 9.47 Å². The number of hydrazone groups is 1. The van der Waals surface area contributed by atoms with Crippen molar-refractivity contribution >= 4 is 34.0 Å². The van der Waals surface area contributed by atoms with Gasteiger partial charge in [0.05, 0.1) is 36.7 Å². The van der Waals surface area contributed by atoms with E-state index in [1.54, 1.807) is 26.4 Å². The smallest absolute Gasteiger partial charge is 0.254 e. The Labute approximate surface area is 153 Å². The summed E-state index contributed by atoms with van der Waals surface area (Å²) in [5.41, 5.74) is 0.697. The number of hydrogen-bond acceptors (Lipinski definition) is 5. The van der Waals surface area contributed by atoms with E-state index < -0.39 is 0 Å². The summed E-state index contributed by atoms with van der Waals surface area (Å²) >= 11 is 3.42. The van der Waals surface area contributed by atoms with Crippen LogP contribution in [0.5, 0.6) is 11.5 Å². The fourth-order valence-corrected chi connectivity index (χ4v) is 4.76. The van der Waals surface area contributed by atoms with Crippen LogP contribution in [0.15, 0.2) is 33.9 Å². The molecule has 1 heterocycles. The minimum absolute atomic E-state index is 0.182. The van der Waals surface area contributed by atoms with Crippen LogP contribution in [0.3, 0.4) is 0 Å². The normalized spacial score (nSPS) is 29.8. The molecule has 25 heavy (non-hydrogen) atoms. The van der Waals surface area contributed by atoms with E-state index >= 15 is 0 Å². The molecule has 0 spiro atoms. The molecule has 2 amide bonds. The number of methoxy groups -OCH3 is 2. The van der Waals surface area contributed by atoms with Gasteiger partial charge in [0.1, 0.15) is 0 Å². The molecule has 0 N–H and O–H groups in total. The first kappa shape index (κ1) is 16.3. The molecule has 0 radical (unpaired) electrons. The Balaban J connectivity index is 1.60. The first-order chi connectivity index (χ1) is 12.0. The van der Waals surface area contributed by atoms with E-state index in [0.717, 1.165) is 11.4 Å². The molecule has 4 atom stereocenters. The Morgan fingerprint density at radius 3 is 2.32 bits per heavy atom. The van der Waals surface area contributed by atoms with Crippen molar-refractivity contribution in [1.29, 1.82) is 0 Å². The summed E-state index contributed by atoms with van der Waals surface area (Å²) in [6.45, 7) is 0. The zero-order valence-corrected chi connectivity index (χ0v) is 15.4. The van der Waals surface area contributed by atoms with E-state index in [4.69, 9.17) is 9.47 Å². The standard InChI is InChI=1S/C18H17BrN2O4/c1-24-13-6-9(5-12(19)16(13)25-2)8-20-21-17(22)14-10-3-4-11(7-10)15(14)18(21)23/h3-6,8,10-11,14-15H,7H2,1-2H3/b20-8-/t10-,11-,14-,15+/m0/s1. The molecule has 0 aromatic heterocycles. The van der Waals surface area contributed by atoms with Gasteiger partial charge in [0, 0.05) is 0 Å². The maximum atomic E-state index is 12.6. The predicted octanol–water partition coefficient (Wildman–Crippen LogP) is 2.61. The Morgan fingerprint density at radius 1 is 1.12 bits per heavy atom. The second-order valence-electron chi connectivity index (χ2n) is 6.47. The third-order valence-electron chi connectivity index (χ3n) is 5.23. The third kappa shape index (κ3) is 2.40. The average molecular weight is 405 g/mol. The number of benzene rings is 1. The minimum Gasteiger partial charge on any atom is -0.493 e. The zero-order valence-electron chi connectivity index (χ0n) is 13.8. The molecule has 7 heteroatoms. The Morgan fingerprint density at radius 2 is 1.76 bits per heavy atom. The van der Waals surface area contributed by atoms with Crippen LogP contribution in [0.2, 0.25) is 0 Å². The number of nitrogens with zero attached hydrogens (tertiary/aromatic N) is 2. The van der Waals surface area contributed by atoms with Gasteiger partial charge in [0.15, 0.2) is 11.5 Å². The molecule has 1 saturated carbocycles. The third-order valence-corrected chi connectivity index (χ3v) is 5.81. The van der Waals surface area contributed by atoms with Gasteiger partial charge in [-0.25, -0.2) is 0 Å². The molecule has 1 aromatic rings. The molecule has 1 saturated heterocycles. The van der Waals surface area contributed by atoms with Crippen molar-refractivity contribution < 1.29 is 19.1 Å². The first-order valence-corrected chi connectivity index (χ1v) is 8.86. The maximum Gasteiger partial charge on any atom is 0.254 e. The lowest BCUT2D eigenvalue weighted by molar-refractivity contribution is -0.140. The summed E-state index contributed by atoms with van der Waals surface area (Å²) in [5, 5.41) is 5.20. The molecule has 1 aliphatic heterocycles. The summed E-state index contributed by atoms with van der Waals surface area (Å²) < 4.78 is 11.3. The Kier molecular flexibility index (Phi) is 3.91. The lowest BCUT2D eigenvalue weighted by atomic mass is 9.85. The number of hydrogen-bond donors (Lipinski definition) is 0. The highest BCUT2D eigenvalue weighted by Gasteiger charge is 2.59. The lowest BCUT2D eigenvalue weighted by Crippen LogP contribution is -2.28. The molecule has 3 aliphatic rings. The van der Waals surface area contributed by atoms with Crippen molar-refractivity contribution in [2.75, 3.05) is 14.2 Å². The molecule has 130 valence electrons. The van der Waals surface area contributed by atoms with Crippen LogP contribution in [-0.4, -0.2) is 37.3 Å². The summed E-state index contributed by atoms with van der Waals surface area (Å²) in [6, 6.07) is 3.53. The van der Waals surface area contributed by atoms with Crippen molar-refractivity contribution in [2.24, 2.45) is 28.8 Å². The second kappa shape index (κ2) is 5.98. The lowest BCUT2D eigenvalue weighted by Gasteiger charge is -2.13. The highest BCUT2D eigenvalue weighted by Crippen LogP contribution is 2.52. The van der Waals surface area contributed by atoms with E-state index in [9.17, 15) is 9.59 Å². The van der Waals surface area contributed by atoms with Gasteiger partial charge in [0.25, 0.3) is 11.8 Å². The van der Waals surface area contributed by atoms with Gasteiger partial charge in [-0.15, -0.1) is 0 Å². The minimum atomic E-state index is -0.239. The number of carbonyl (C=O) groups is 2. The number of amides is 2. The van der Waals surface area contributed by atoms with E-state index in [-0.39, 0.29) is 35.5 Å². The number of ether oxygens (including phenoxy) is 2. The Bertz CT molecular complexity index is 790. The molecule has 2 bridgehead atoms. The first-order valence-electron chi connectivity index (χ1n) is 8.06. The summed E-state index contributed by atoms with van der Waals surface area (Å²) in [5.74, 6) is 0.615. The number of rotatable bonds is 4. The summed E-state index contributed by atoms with van der Waals surface area (Å²) in [6.07, 6.45) is 6.54. The van der Waals surface area contributed by atoms with Gasteiger partial charge < -0.3 is 9.47 Å². The van der Waals surface area contributed by atoms with Crippen LogP contribution in [0, 0.1) is 23.7 Å². The molecule has 0 unspecified atom stereocenters. The van der Waals surface area contributed by atoms with Crippen LogP contribution in [0.4, 0.5) is 0 Å². The summed E-state index contributed by atoms with van der Waals surface area (Å²) in [4.78, 5) is 25.2. The van der Waals surface area contributed by atoms with Gasteiger partial charge in [-0.1, -0.05) is 12.2 Å². The van der Waals surface area contributed by atoms with Gasteiger partial charge in [-0.05, 0) is 51.9 Å². The highest BCUT2D eigenvalue weighted by atomic mass is 79.9. The van der Waals surface area contributed by atoms with Crippen molar-refractivity contribution in [3.05, 3.63) is 34.3 Å². The summed E-state index contributed by atoms with van der Waals surface area (Å²) in [7, 11) is 3.10. The Hall–Kier alpha value is -2.15. The topological polar surface area (TPSA) is 68.2 Å². The van der Waals surface area contributed by atoms with Crippen LogP contribution in [-0.2, 0) is 9.59 Å². The van der Waals surface area contributed by atoms with Crippen molar-refractivity contribution in [3.8, 4) is 11.5 Å². The molecule has 1 aromatic carbocycles. The van der Waals surface area contributed by atoms with E-state index in [0.29, 0.717) is 21.5 Å². The van der Waals surface area contributed by atoms with E-state index in [2.05, 4.69) is 33.2 Å². The van der Waals surface area contributed by atoms with E-state index in [1.165, 1.54) is 6.21 Å². The molecule has 4 rings (SSSR count). The van der Waals surface area contributed by atoms with Gasteiger partial charge in [-0.3, -0.25) is 9.59 Å². The van der Waals surface area contributed by atoms with Crippen molar-refractivity contribution in [1.82, 2.24) is 5.01 Å².